The van der Waals surface area contributed by atoms with Gasteiger partial charge in [-0.2, -0.15) is 0 Å². The van der Waals surface area contributed by atoms with Crippen LogP contribution in [0.15, 0.2) is 16.6 Å². The van der Waals surface area contributed by atoms with Gasteiger partial charge in [0, 0.05) is 42.8 Å². The van der Waals surface area contributed by atoms with Crippen molar-refractivity contribution in [3.63, 3.8) is 0 Å². The van der Waals surface area contributed by atoms with Gasteiger partial charge in [-0.05, 0) is 28.9 Å². The summed E-state index contributed by atoms with van der Waals surface area (Å²) < 4.78 is 0.621. The van der Waals surface area contributed by atoms with Crippen LogP contribution in [-0.2, 0) is 4.79 Å². The summed E-state index contributed by atoms with van der Waals surface area (Å²) in [6, 6.07) is 2.91. The number of likely N-dealkylation sites (N-methyl/N-ethyl adjacent to an activating group) is 1. The number of carbonyl (C=O) groups is 1. The lowest BCUT2D eigenvalue weighted by molar-refractivity contribution is -0.385. The van der Waals surface area contributed by atoms with Crippen molar-refractivity contribution in [2.45, 2.75) is 13.0 Å². The molecule has 114 valence electrons. The van der Waals surface area contributed by atoms with Gasteiger partial charge in [0.25, 0.3) is 5.69 Å². The number of anilines is 1. The van der Waals surface area contributed by atoms with E-state index in [2.05, 4.69) is 26.6 Å². The molecule has 1 heterocycles. The summed E-state index contributed by atoms with van der Waals surface area (Å²) in [5, 5.41) is 16.8. The molecule has 0 bridgehead atoms. The molecule has 1 aliphatic heterocycles. The molecule has 1 aromatic carbocycles. The number of halogens is 1. The van der Waals surface area contributed by atoms with Gasteiger partial charge < -0.3 is 15.5 Å². The number of nitrogens with zero attached hydrogens (tertiary/aromatic N) is 2. The quantitative estimate of drug-likeness (QED) is 0.627. The molecule has 1 amide bonds. The first kappa shape index (κ1) is 15.7. The highest BCUT2D eigenvalue weighted by atomic mass is 79.9. The van der Waals surface area contributed by atoms with Gasteiger partial charge >= 0.3 is 0 Å². The van der Waals surface area contributed by atoms with Crippen LogP contribution >= 0.6 is 15.9 Å². The Kier molecular flexibility index (Phi) is 4.79. The molecule has 0 spiro atoms. The van der Waals surface area contributed by atoms with E-state index in [0.717, 1.165) is 12.2 Å². The fraction of sp³-hybridized carbons (Fsp3) is 0.462. The summed E-state index contributed by atoms with van der Waals surface area (Å²) in [4.78, 5) is 24.5. The van der Waals surface area contributed by atoms with E-state index in [0.29, 0.717) is 23.1 Å². The number of nitro groups is 1. The molecule has 2 N–H and O–H groups in total. The Bertz CT molecular complexity index is 579. The third kappa shape index (κ3) is 3.16. The van der Waals surface area contributed by atoms with Crippen molar-refractivity contribution in [2.24, 2.45) is 0 Å². The molecule has 7 nitrogen and oxygen atoms in total. The molecule has 0 aromatic heterocycles. The molecule has 1 aliphatic rings. The lowest BCUT2D eigenvalue weighted by Crippen LogP contribution is -2.57. The lowest BCUT2D eigenvalue weighted by atomic mass is 10.1. The summed E-state index contributed by atoms with van der Waals surface area (Å²) in [6.45, 7) is 3.66. The standard InChI is InChI=1S/C13H17BrN4O3/c1-8-5-11(9(14)6-10(8)18(20)21)17-4-3-16-7-12(17)13(19)15-2/h5-6,12,16H,3-4,7H2,1-2H3,(H,15,19). The fourth-order valence-corrected chi connectivity index (χ4v) is 3.03. The van der Waals surface area contributed by atoms with Gasteiger partial charge in [0.1, 0.15) is 6.04 Å². The average molecular weight is 357 g/mol. The molecule has 1 fully saturated rings. The van der Waals surface area contributed by atoms with E-state index >= 15 is 0 Å². The highest BCUT2D eigenvalue weighted by Crippen LogP contribution is 2.34. The molecule has 0 aliphatic carbocycles. The Morgan fingerprint density at radius 2 is 2.29 bits per heavy atom. The molecule has 0 radical (unpaired) electrons. The minimum Gasteiger partial charge on any atom is -0.357 e. The smallest absolute Gasteiger partial charge is 0.273 e. The van der Waals surface area contributed by atoms with Crippen LogP contribution in [0.1, 0.15) is 5.56 Å². The maximum absolute atomic E-state index is 12.0. The summed E-state index contributed by atoms with van der Waals surface area (Å²) in [5.41, 5.74) is 1.44. The summed E-state index contributed by atoms with van der Waals surface area (Å²) in [7, 11) is 1.60. The van der Waals surface area contributed by atoms with Gasteiger partial charge in [0.2, 0.25) is 5.91 Å². The van der Waals surface area contributed by atoms with Crippen molar-refractivity contribution >= 4 is 33.2 Å². The van der Waals surface area contributed by atoms with Gasteiger partial charge in [-0.15, -0.1) is 0 Å². The monoisotopic (exact) mass is 356 g/mol. The second-order valence-electron chi connectivity index (χ2n) is 4.87. The molecule has 1 atom stereocenters. The molecule has 1 unspecified atom stereocenters. The lowest BCUT2D eigenvalue weighted by Gasteiger charge is -2.37. The Morgan fingerprint density at radius 1 is 1.57 bits per heavy atom. The van der Waals surface area contributed by atoms with E-state index < -0.39 is 4.92 Å². The number of benzene rings is 1. The second kappa shape index (κ2) is 6.40. The van der Waals surface area contributed by atoms with Crippen LogP contribution < -0.4 is 15.5 Å². The minimum absolute atomic E-state index is 0.0669. The maximum atomic E-state index is 12.0. The SMILES string of the molecule is CNC(=O)C1CNCCN1c1cc(C)c([N+](=O)[O-])cc1Br. The summed E-state index contributed by atoms with van der Waals surface area (Å²) in [5.74, 6) is -0.0786. The number of hydrogen-bond acceptors (Lipinski definition) is 5. The summed E-state index contributed by atoms with van der Waals surface area (Å²) >= 11 is 3.39. The van der Waals surface area contributed by atoms with E-state index in [9.17, 15) is 14.9 Å². The molecule has 1 saturated heterocycles. The van der Waals surface area contributed by atoms with Crippen molar-refractivity contribution < 1.29 is 9.72 Å². The van der Waals surface area contributed by atoms with Crippen LogP contribution in [-0.4, -0.2) is 43.6 Å². The van der Waals surface area contributed by atoms with Crippen molar-refractivity contribution in [2.75, 3.05) is 31.6 Å². The molecule has 2 rings (SSSR count). The predicted octanol–water partition coefficient (Wildman–Crippen LogP) is 1.19. The van der Waals surface area contributed by atoms with Crippen LogP contribution in [0.25, 0.3) is 0 Å². The topological polar surface area (TPSA) is 87.5 Å². The van der Waals surface area contributed by atoms with E-state index in [1.807, 2.05) is 4.90 Å². The van der Waals surface area contributed by atoms with Crippen molar-refractivity contribution in [3.05, 3.63) is 32.3 Å². The predicted molar refractivity (Wildman–Crippen MR) is 83.6 cm³/mol. The third-order valence-corrected chi connectivity index (χ3v) is 4.20. The largest absolute Gasteiger partial charge is 0.357 e. The van der Waals surface area contributed by atoms with E-state index in [4.69, 9.17) is 0 Å². The average Bonchev–Trinajstić information content (AvgIpc) is 2.48. The normalized spacial score (nSPS) is 18.4. The Morgan fingerprint density at radius 3 is 2.90 bits per heavy atom. The highest BCUT2D eigenvalue weighted by molar-refractivity contribution is 9.10. The molecular weight excluding hydrogens is 340 g/mol. The van der Waals surface area contributed by atoms with Crippen molar-refractivity contribution in [3.8, 4) is 0 Å². The van der Waals surface area contributed by atoms with Crippen LogP contribution in [0.4, 0.5) is 11.4 Å². The second-order valence-corrected chi connectivity index (χ2v) is 5.73. The Labute approximate surface area is 131 Å². The highest BCUT2D eigenvalue weighted by Gasteiger charge is 2.30. The van der Waals surface area contributed by atoms with Gasteiger partial charge in [-0.1, -0.05) is 0 Å². The Hall–Kier alpha value is -1.67. The van der Waals surface area contributed by atoms with Crippen LogP contribution in [0.3, 0.4) is 0 Å². The van der Waals surface area contributed by atoms with E-state index in [1.165, 1.54) is 6.07 Å². The van der Waals surface area contributed by atoms with E-state index in [1.54, 1.807) is 20.0 Å². The zero-order valence-electron chi connectivity index (χ0n) is 11.9. The number of carbonyl (C=O) groups excluding carboxylic acids is 1. The zero-order chi connectivity index (χ0) is 15.6. The number of hydrogen-bond donors (Lipinski definition) is 2. The first-order chi connectivity index (χ1) is 9.95. The minimum atomic E-state index is -0.405. The first-order valence-electron chi connectivity index (χ1n) is 6.59. The van der Waals surface area contributed by atoms with Crippen LogP contribution in [0.5, 0.6) is 0 Å². The maximum Gasteiger partial charge on any atom is 0.273 e. The van der Waals surface area contributed by atoms with Crippen molar-refractivity contribution in [1.29, 1.82) is 0 Å². The third-order valence-electron chi connectivity index (χ3n) is 3.56. The van der Waals surface area contributed by atoms with Crippen LogP contribution in [0, 0.1) is 17.0 Å². The number of rotatable bonds is 3. The number of nitro benzene ring substituents is 1. The number of amides is 1. The van der Waals surface area contributed by atoms with Crippen molar-refractivity contribution in [1.82, 2.24) is 10.6 Å². The van der Waals surface area contributed by atoms with E-state index in [-0.39, 0.29) is 17.6 Å². The summed E-state index contributed by atoms with van der Waals surface area (Å²) in [6.07, 6.45) is 0. The zero-order valence-corrected chi connectivity index (χ0v) is 13.4. The molecule has 1 aromatic rings. The van der Waals surface area contributed by atoms with Gasteiger partial charge in [-0.25, -0.2) is 0 Å². The fourth-order valence-electron chi connectivity index (χ4n) is 2.47. The molecule has 0 saturated carbocycles. The van der Waals surface area contributed by atoms with Gasteiger partial charge in [0.05, 0.1) is 10.6 Å². The first-order valence-corrected chi connectivity index (χ1v) is 7.38. The Balaban J connectivity index is 2.41. The molecular formula is C13H17BrN4O3. The van der Waals surface area contributed by atoms with Crippen LogP contribution in [0.2, 0.25) is 0 Å². The number of piperazine rings is 1. The number of nitrogens with one attached hydrogen (secondary N) is 2. The van der Waals surface area contributed by atoms with Gasteiger partial charge in [0.15, 0.2) is 0 Å². The van der Waals surface area contributed by atoms with Gasteiger partial charge in [-0.3, -0.25) is 14.9 Å². The molecule has 8 heteroatoms. The number of aryl methyl sites for hydroxylation is 1. The molecule has 21 heavy (non-hydrogen) atoms.